The summed E-state index contributed by atoms with van der Waals surface area (Å²) < 4.78 is 15.8. The lowest BCUT2D eigenvalue weighted by atomic mass is 10.2. The Balaban J connectivity index is 1.68. The van der Waals surface area contributed by atoms with Crippen molar-refractivity contribution in [2.45, 2.75) is 6.42 Å². The predicted octanol–water partition coefficient (Wildman–Crippen LogP) is 3.11. The zero-order valence-electron chi connectivity index (χ0n) is 15.0. The van der Waals surface area contributed by atoms with Crippen LogP contribution in [0.15, 0.2) is 36.4 Å². The second kappa shape index (κ2) is 8.18. The van der Waals surface area contributed by atoms with Crippen molar-refractivity contribution in [2.75, 3.05) is 37.6 Å². The molecule has 0 atom stereocenters. The number of anilines is 2. The van der Waals surface area contributed by atoms with Gasteiger partial charge < -0.3 is 24.4 Å². The number of amides is 2. The normalized spacial score (nSPS) is 12.9. The first-order valence-corrected chi connectivity index (χ1v) is 8.65. The zero-order chi connectivity index (χ0) is 19.4. The van der Waals surface area contributed by atoms with Gasteiger partial charge in [-0.3, -0.25) is 9.59 Å². The average molecular weight is 391 g/mol. The van der Waals surface area contributed by atoms with Crippen molar-refractivity contribution in [3.8, 4) is 17.2 Å². The molecule has 3 rings (SSSR count). The maximum atomic E-state index is 12.4. The summed E-state index contributed by atoms with van der Waals surface area (Å²) in [7, 11) is 3.00. The summed E-state index contributed by atoms with van der Waals surface area (Å²) in [5.41, 5.74) is 1.07. The molecule has 1 aliphatic heterocycles. The van der Waals surface area contributed by atoms with Crippen molar-refractivity contribution in [1.82, 2.24) is 0 Å². The van der Waals surface area contributed by atoms with Gasteiger partial charge in [0.05, 0.1) is 30.6 Å². The summed E-state index contributed by atoms with van der Waals surface area (Å²) in [4.78, 5) is 26.1. The highest BCUT2D eigenvalue weighted by Crippen LogP contribution is 2.36. The summed E-state index contributed by atoms with van der Waals surface area (Å²) in [5.74, 6) is 1.08. The van der Waals surface area contributed by atoms with Crippen molar-refractivity contribution in [2.24, 2.45) is 0 Å². The standard InChI is InChI=1S/C19H19ClN2O5/c1-25-16-9-12(20)13(10-17(16)26-2)21-18(23)7-8-22-14-5-3-4-6-15(14)27-11-19(22)24/h3-6,9-10H,7-8,11H2,1-2H3,(H,21,23). The Kier molecular flexibility index (Phi) is 5.71. The molecule has 0 spiro atoms. The summed E-state index contributed by atoms with van der Waals surface area (Å²) >= 11 is 6.19. The highest BCUT2D eigenvalue weighted by molar-refractivity contribution is 6.34. The van der Waals surface area contributed by atoms with Gasteiger partial charge >= 0.3 is 0 Å². The van der Waals surface area contributed by atoms with Crippen molar-refractivity contribution in [1.29, 1.82) is 0 Å². The fraction of sp³-hybridized carbons (Fsp3) is 0.263. The van der Waals surface area contributed by atoms with E-state index in [9.17, 15) is 9.59 Å². The van der Waals surface area contributed by atoms with E-state index in [0.717, 1.165) is 0 Å². The SMILES string of the molecule is COc1cc(Cl)c(NC(=O)CCN2C(=O)COc3ccccc32)cc1OC. The topological polar surface area (TPSA) is 77.1 Å². The second-order valence-electron chi connectivity index (χ2n) is 5.79. The lowest BCUT2D eigenvalue weighted by Gasteiger charge is -2.29. The van der Waals surface area contributed by atoms with E-state index in [1.165, 1.54) is 14.2 Å². The van der Waals surface area contributed by atoms with E-state index < -0.39 is 0 Å². The largest absolute Gasteiger partial charge is 0.493 e. The maximum absolute atomic E-state index is 12.4. The molecule has 2 aromatic carbocycles. The first-order valence-electron chi connectivity index (χ1n) is 8.27. The molecular weight excluding hydrogens is 372 g/mol. The van der Waals surface area contributed by atoms with Crippen molar-refractivity contribution in [3.05, 3.63) is 41.4 Å². The molecule has 1 N–H and O–H groups in total. The molecule has 0 aromatic heterocycles. The minimum absolute atomic E-state index is 0.0415. The van der Waals surface area contributed by atoms with Crippen LogP contribution in [0.4, 0.5) is 11.4 Å². The molecule has 0 radical (unpaired) electrons. The molecule has 8 heteroatoms. The molecule has 0 saturated carbocycles. The van der Waals surface area contributed by atoms with Gasteiger partial charge in [-0.05, 0) is 12.1 Å². The molecule has 7 nitrogen and oxygen atoms in total. The van der Waals surface area contributed by atoms with E-state index >= 15 is 0 Å². The predicted molar refractivity (Wildman–Crippen MR) is 102 cm³/mol. The van der Waals surface area contributed by atoms with Crippen LogP contribution >= 0.6 is 11.6 Å². The summed E-state index contributed by atoms with van der Waals surface area (Å²) in [6.07, 6.45) is 0.102. The molecule has 0 bridgehead atoms. The lowest BCUT2D eigenvalue weighted by molar-refractivity contribution is -0.121. The fourth-order valence-electron chi connectivity index (χ4n) is 2.78. The third kappa shape index (κ3) is 4.09. The van der Waals surface area contributed by atoms with Gasteiger partial charge in [0.1, 0.15) is 5.75 Å². The number of methoxy groups -OCH3 is 2. The Morgan fingerprint density at radius 2 is 1.93 bits per heavy atom. The van der Waals surface area contributed by atoms with Crippen molar-refractivity contribution < 1.29 is 23.8 Å². The van der Waals surface area contributed by atoms with Gasteiger partial charge in [0.25, 0.3) is 5.91 Å². The summed E-state index contributed by atoms with van der Waals surface area (Å²) in [6.45, 7) is 0.191. The smallest absolute Gasteiger partial charge is 0.265 e. The van der Waals surface area contributed by atoms with Crippen LogP contribution in [-0.4, -0.2) is 39.2 Å². The van der Waals surface area contributed by atoms with E-state index in [0.29, 0.717) is 33.6 Å². The van der Waals surface area contributed by atoms with Crippen LogP contribution in [0.3, 0.4) is 0 Å². The van der Waals surface area contributed by atoms with Gasteiger partial charge in [0.2, 0.25) is 5.91 Å². The molecule has 2 amide bonds. The maximum Gasteiger partial charge on any atom is 0.265 e. The van der Waals surface area contributed by atoms with E-state index in [-0.39, 0.29) is 31.4 Å². The van der Waals surface area contributed by atoms with Gasteiger partial charge in [0.15, 0.2) is 18.1 Å². The molecule has 142 valence electrons. The Morgan fingerprint density at radius 1 is 1.22 bits per heavy atom. The molecule has 0 saturated heterocycles. The van der Waals surface area contributed by atoms with Gasteiger partial charge in [-0.1, -0.05) is 23.7 Å². The number of hydrogen-bond donors (Lipinski definition) is 1. The summed E-state index contributed by atoms with van der Waals surface area (Å²) in [6, 6.07) is 10.4. The molecule has 27 heavy (non-hydrogen) atoms. The highest BCUT2D eigenvalue weighted by Gasteiger charge is 2.25. The molecule has 0 aliphatic carbocycles. The van der Waals surface area contributed by atoms with Gasteiger partial charge in [-0.25, -0.2) is 0 Å². The average Bonchev–Trinajstić information content (AvgIpc) is 2.68. The monoisotopic (exact) mass is 390 g/mol. The fourth-order valence-corrected chi connectivity index (χ4v) is 2.98. The van der Waals surface area contributed by atoms with Crippen LogP contribution in [0, 0.1) is 0 Å². The molecule has 1 aliphatic rings. The van der Waals surface area contributed by atoms with E-state index in [2.05, 4.69) is 5.32 Å². The minimum Gasteiger partial charge on any atom is -0.493 e. The number of para-hydroxylation sites is 2. The number of benzene rings is 2. The van der Waals surface area contributed by atoms with Crippen LogP contribution in [0.25, 0.3) is 0 Å². The number of rotatable bonds is 6. The van der Waals surface area contributed by atoms with Crippen molar-refractivity contribution in [3.63, 3.8) is 0 Å². The van der Waals surface area contributed by atoms with E-state index in [4.69, 9.17) is 25.8 Å². The van der Waals surface area contributed by atoms with Crippen LogP contribution in [0.5, 0.6) is 17.2 Å². The number of carbonyl (C=O) groups is 2. The number of halogens is 1. The Labute approximate surface area is 161 Å². The number of fused-ring (bicyclic) bond motifs is 1. The quantitative estimate of drug-likeness (QED) is 0.820. The van der Waals surface area contributed by atoms with Crippen molar-refractivity contribution >= 4 is 34.8 Å². The summed E-state index contributed by atoms with van der Waals surface area (Å²) in [5, 5.41) is 3.07. The van der Waals surface area contributed by atoms with Crippen LogP contribution in [-0.2, 0) is 9.59 Å². The van der Waals surface area contributed by atoms with Gasteiger partial charge in [-0.2, -0.15) is 0 Å². The first-order chi connectivity index (χ1) is 13.0. The Bertz CT molecular complexity index is 871. The van der Waals surface area contributed by atoms with Crippen LogP contribution in [0.1, 0.15) is 6.42 Å². The number of nitrogens with zero attached hydrogens (tertiary/aromatic N) is 1. The molecule has 2 aromatic rings. The Hall–Kier alpha value is -2.93. The molecule has 0 fully saturated rings. The lowest BCUT2D eigenvalue weighted by Crippen LogP contribution is -2.40. The number of carbonyl (C=O) groups excluding carboxylic acids is 2. The molecule has 1 heterocycles. The first kappa shape index (κ1) is 18.8. The zero-order valence-corrected chi connectivity index (χ0v) is 15.7. The van der Waals surface area contributed by atoms with Crippen LogP contribution in [0.2, 0.25) is 5.02 Å². The van der Waals surface area contributed by atoms with Gasteiger partial charge in [-0.15, -0.1) is 0 Å². The third-order valence-electron chi connectivity index (χ3n) is 4.12. The molecule has 0 unspecified atom stereocenters. The number of ether oxygens (including phenoxy) is 3. The number of hydrogen-bond acceptors (Lipinski definition) is 5. The van der Waals surface area contributed by atoms with Crippen LogP contribution < -0.4 is 24.4 Å². The van der Waals surface area contributed by atoms with E-state index in [1.54, 1.807) is 29.2 Å². The Morgan fingerprint density at radius 3 is 2.67 bits per heavy atom. The highest BCUT2D eigenvalue weighted by atomic mass is 35.5. The van der Waals surface area contributed by atoms with Gasteiger partial charge in [0, 0.05) is 25.1 Å². The third-order valence-corrected chi connectivity index (χ3v) is 4.43. The van der Waals surface area contributed by atoms with E-state index in [1.807, 2.05) is 12.1 Å². The minimum atomic E-state index is -0.277. The number of nitrogens with one attached hydrogen (secondary N) is 1. The molecular formula is C19H19ClN2O5. The second-order valence-corrected chi connectivity index (χ2v) is 6.19.